The number of aromatic amines is 1. The molecule has 3 aromatic rings. The van der Waals surface area contributed by atoms with Crippen LogP contribution < -0.4 is 5.56 Å². The summed E-state index contributed by atoms with van der Waals surface area (Å²) in [4.78, 5) is 16.2. The Balaban J connectivity index is 2.41. The highest BCUT2D eigenvalue weighted by molar-refractivity contribution is 7.71. The van der Waals surface area contributed by atoms with Gasteiger partial charge in [0, 0.05) is 18.8 Å². The van der Waals surface area contributed by atoms with Crippen molar-refractivity contribution >= 4 is 33.8 Å². The molecular weight excluding hydrogens is 268 g/mol. The van der Waals surface area contributed by atoms with Gasteiger partial charge < -0.3 is 4.98 Å². The zero-order chi connectivity index (χ0) is 12.9. The number of H-pyrrole nitrogens is 1. The van der Waals surface area contributed by atoms with Gasteiger partial charge in [-0.05, 0) is 30.6 Å². The molecule has 1 N–H and O–H groups in total. The van der Waals surface area contributed by atoms with Gasteiger partial charge in [0.2, 0.25) is 0 Å². The van der Waals surface area contributed by atoms with Crippen molar-refractivity contribution in [3.05, 3.63) is 38.3 Å². The summed E-state index contributed by atoms with van der Waals surface area (Å²) in [5.74, 6) is 0.550. The molecule has 0 aliphatic rings. The van der Waals surface area contributed by atoms with E-state index in [0.29, 0.717) is 16.0 Å². The summed E-state index contributed by atoms with van der Waals surface area (Å²) < 4.78 is 3.51. The van der Waals surface area contributed by atoms with Crippen molar-refractivity contribution < 1.29 is 0 Å². The molecule has 3 heterocycles. The monoisotopic (exact) mass is 278 g/mol. The molecule has 0 unspecified atom stereocenters. The summed E-state index contributed by atoms with van der Waals surface area (Å²) in [5, 5.41) is 6.79. The largest absolute Gasteiger partial charge is 0.323 e. The standard InChI is InChI=1S/C11H10N4OS2/c1-6-5-8(13-14(6)2)15-10(16)7-3-4-18-9(7)12-11(15)17/h3-5H,1-2H3,(H,12,17). The van der Waals surface area contributed by atoms with Crippen LogP contribution in [0.3, 0.4) is 0 Å². The van der Waals surface area contributed by atoms with Gasteiger partial charge in [-0.25, -0.2) is 4.57 Å². The van der Waals surface area contributed by atoms with E-state index in [1.54, 1.807) is 10.7 Å². The lowest BCUT2D eigenvalue weighted by Gasteiger charge is -2.01. The van der Waals surface area contributed by atoms with Crippen LogP contribution >= 0.6 is 23.6 Å². The van der Waals surface area contributed by atoms with Crippen molar-refractivity contribution in [1.82, 2.24) is 19.3 Å². The molecule has 18 heavy (non-hydrogen) atoms. The van der Waals surface area contributed by atoms with Gasteiger partial charge in [-0.2, -0.15) is 5.10 Å². The normalized spacial score (nSPS) is 11.2. The van der Waals surface area contributed by atoms with Gasteiger partial charge in [0.25, 0.3) is 5.56 Å². The topological polar surface area (TPSA) is 55.6 Å². The SMILES string of the molecule is Cc1cc(-n2c(=S)[nH]c3sccc3c2=O)nn1C. The van der Waals surface area contributed by atoms with E-state index in [1.807, 2.05) is 25.4 Å². The van der Waals surface area contributed by atoms with Crippen LogP contribution in [0.25, 0.3) is 16.0 Å². The van der Waals surface area contributed by atoms with Crippen molar-refractivity contribution in [3.63, 3.8) is 0 Å². The molecule has 7 heteroatoms. The number of fused-ring (bicyclic) bond motifs is 1. The molecule has 0 saturated carbocycles. The first-order valence-electron chi connectivity index (χ1n) is 5.31. The molecule has 0 fully saturated rings. The molecule has 0 radical (unpaired) electrons. The molecule has 0 atom stereocenters. The van der Waals surface area contributed by atoms with Crippen LogP contribution in [0.4, 0.5) is 0 Å². The van der Waals surface area contributed by atoms with Gasteiger partial charge >= 0.3 is 0 Å². The second kappa shape index (κ2) is 3.89. The summed E-state index contributed by atoms with van der Waals surface area (Å²) in [6, 6.07) is 3.63. The van der Waals surface area contributed by atoms with E-state index >= 15 is 0 Å². The Kier molecular flexibility index (Phi) is 2.46. The predicted octanol–water partition coefficient (Wildman–Crippen LogP) is 2.15. The highest BCUT2D eigenvalue weighted by Gasteiger charge is 2.11. The Morgan fingerprint density at radius 1 is 1.50 bits per heavy atom. The average molecular weight is 278 g/mol. The van der Waals surface area contributed by atoms with Crippen molar-refractivity contribution in [2.24, 2.45) is 7.05 Å². The molecule has 92 valence electrons. The molecule has 3 aromatic heterocycles. The summed E-state index contributed by atoms with van der Waals surface area (Å²) >= 11 is 6.70. The number of aryl methyl sites for hydroxylation is 2. The average Bonchev–Trinajstić information content (AvgIpc) is 2.87. The van der Waals surface area contributed by atoms with Gasteiger partial charge in [0.1, 0.15) is 4.83 Å². The van der Waals surface area contributed by atoms with Crippen LogP contribution in [0, 0.1) is 11.7 Å². The predicted molar refractivity (Wildman–Crippen MR) is 74.1 cm³/mol. The van der Waals surface area contributed by atoms with Crippen molar-refractivity contribution in [2.45, 2.75) is 6.92 Å². The fourth-order valence-corrected chi connectivity index (χ4v) is 2.92. The first kappa shape index (κ1) is 11.4. The first-order valence-corrected chi connectivity index (χ1v) is 6.60. The van der Waals surface area contributed by atoms with Gasteiger partial charge in [-0.1, -0.05) is 0 Å². The van der Waals surface area contributed by atoms with Crippen molar-refractivity contribution in [1.29, 1.82) is 0 Å². The van der Waals surface area contributed by atoms with Crippen LogP contribution in [0.2, 0.25) is 0 Å². The third kappa shape index (κ3) is 1.55. The minimum atomic E-state index is -0.131. The molecule has 0 aromatic carbocycles. The second-order valence-corrected chi connectivity index (χ2v) is 5.30. The fourth-order valence-electron chi connectivity index (χ4n) is 1.80. The van der Waals surface area contributed by atoms with Crippen LogP contribution in [0.1, 0.15) is 5.69 Å². The maximum atomic E-state index is 12.4. The lowest BCUT2D eigenvalue weighted by molar-refractivity contribution is 0.722. The Bertz CT molecular complexity index is 832. The molecule has 5 nitrogen and oxygen atoms in total. The fraction of sp³-hybridized carbons (Fsp3) is 0.182. The number of nitrogens with zero attached hydrogens (tertiary/aromatic N) is 3. The van der Waals surface area contributed by atoms with Gasteiger partial charge in [0.05, 0.1) is 5.39 Å². The summed E-state index contributed by atoms with van der Waals surface area (Å²) in [5.41, 5.74) is 0.838. The maximum Gasteiger partial charge on any atom is 0.268 e. The molecule has 0 saturated heterocycles. The van der Waals surface area contributed by atoms with E-state index < -0.39 is 0 Å². The van der Waals surface area contributed by atoms with Crippen LogP contribution in [-0.4, -0.2) is 19.3 Å². The smallest absolute Gasteiger partial charge is 0.268 e. The number of hydrogen-bond donors (Lipinski definition) is 1. The zero-order valence-corrected chi connectivity index (χ0v) is 11.4. The molecule has 0 bridgehead atoms. The first-order chi connectivity index (χ1) is 8.58. The third-order valence-corrected chi connectivity index (χ3v) is 3.97. The molecular formula is C11H10N4OS2. The molecule has 0 spiro atoms. The zero-order valence-electron chi connectivity index (χ0n) is 9.80. The second-order valence-electron chi connectivity index (χ2n) is 4.00. The van der Waals surface area contributed by atoms with E-state index in [9.17, 15) is 4.79 Å². The molecule has 0 aliphatic carbocycles. The minimum Gasteiger partial charge on any atom is -0.323 e. The number of rotatable bonds is 1. The van der Waals surface area contributed by atoms with Gasteiger partial charge in [0.15, 0.2) is 10.6 Å². The summed E-state index contributed by atoms with van der Waals surface area (Å²) in [6.45, 7) is 1.93. The minimum absolute atomic E-state index is 0.131. The highest BCUT2D eigenvalue weighted by Crippen LogP contribution is 2.15. The highest BCUT2D eigenvalue weighted by atomic mass is 32.1. The van der Waals surface area contributed by atoms with E-state index in [0.717, 1.165) is 10.5 Å². The lowest BCUT2D eigenvalue weighted by atomic mass is 10.4. The Morgan fingerprint density at radius 3 is 2.94 bits per heavy atom. The number of thiophene rings is 1. The quantitative estimate of drug-likeness (QED) is 0.694. The van der Waals surface area contributed by atoms with Crippen LogP contribution in [0.5, 0.6) is 0 Å². The molecule has 0 amide bonds. The lowest BCUT2D eigenvalue weighted by Crippen LogP contribution is -2.20. The Hall–Kier alpha value is -1.73. The molecule has 3 rings (SSSR count). The maximum absolute atomic E-state index is 12.4. The molecule has 0 aliphatic heterocycles. The number of nitrogens with one attached hydrogen (secondary N) is 1. The van der Waals surface area contributed by atoms with Crippen LogP contribution in [-0.2, 0) is 7.05 Å². The van der Waals surface area contributed by atoms with Crippen molar-refractivity contribution in [3.8, 4) is 5.82 Å². The van der Waals surface area contributed by atoms with Crippen molar-refractivity contribution in [2.75, 3.05) is 0 Å². The van der Waals surface area contributed by atoms with E-state index in [1.165, 1.54) is 15.9 Å². The van der Waals surface area contributed by atoms with E-state index in [4.69, 9.17) is 12.2 Å². The summed E-state index contributed by atoms with van der Waals surface area (Å²) in [6.07, 6.45) is 0. The number of aromatic nitrogens is 4. The third-order valence-electron chi connectivity index (χ3n) is 2.85. The Morgan fingerprint density at radius 2 is 2.28 bits per heavy atom. The summed E-state index contributed by atoms with van der Waals surface area (Å²) in [7, 11) is 1.83. The van der Waals surface area contributed by atoms with E-state index in [-0.39, 0.29) is 5.56 Å². The van der Waals surface area contributed by atoms with E-state index in [2.05, 4.69) is 10.1 Å². The van der Waals surface area contributed by atoms with Gasteiger partial charge in [-0.3, -0.25) is 9.48 Å². The number of hydrogen-bond acceptors (Lipinski definition) is 4. The van der Waals surface area contributed by atoms with Crippen LogP contribution in [0.15, 0.2) is 22.3 Å². The van der Waals surface area contributed by atoms with Gasteiger partial charge in [-0.15, -0.1) is 11.3 Å². The Labute approximate surface area is 111 Å².